The highest BCUT2D eigenvalue weighted by atomic mass is 16.5. The number of rotatable bonds is 2. The molecule has 1 aliphatic heterocycles. The van der Waals surface area contributed by atoms with E-state index in [9.17, 15) is 4.79 Å². The number of Topliss-reactive ketones (excluding diaryl/α,β-unsaturated/α-hetero) is 1. The molecule has 0 amide bonds. The lowest BCUT2D eigenvalue weighted by Crippen LogP contribution is -2.45. The van der Waals surface area contributed by atoms with Gasteiger partial charge in [-0.2, -0.15) is 0 Å². The van der Waals surface area contributed by atoms with Crippen molar-refractivity contribution in [2.45, 2.75) is 37.6 Å². The smallest absolute Gasteiger partial charge is 0.182 e. The van der Waals surface area contributed by atoms with Crippen LogP contribution in [0.4, 0.5) is 0 Å². The van der Waals surface area contributed by atoms with E-state index in [1.165, 1.54) is 0 Å². The van der Waals surface area contributed by atoms with Crippen LogP contribution in [0.3, 0.4) is 0 Å². The van der Waals surface area contributed by atoms with Crippen molar-refractivity contribution in [2.24, 2.45) is 5.73 Å². The fourth-order valence-corrected chi connectivity index (χ4v) is 2.82. The zero-order chi connectivity index (χ0) is 13.3. The van der Waals surface area contributed by atoms with Crippen molar-refractivity contribution in [2.75, 3.05) is 13.2 Å². The summed E-state index contributed by atoms with van der Waals surface area (Å²) in [4.78, 5) is 12.5. The van der Waals surface area contributed by atoms with E-state index in [4.69, 9.17) is 15.2 Å². The Balaban J connectivity index is 1.89. The maximum absolute atomic E-state index is 12.5. The molecular formula is C15H19NO3. The van der Waals surface area contributed by atoms with Crippen LogP contribution in [-0.2, 0) is 0 Å². The van der Waals surface area contributed by atoms with Gasteiger partial charge in [0.25, 0.3) is 0 Å². The molecule has 1 aromatic rings. The van der Waals surface area contributed by atoms with Crippen LogP contribution in [0.5, 0.6) is 11.5 Å². The SMILES string of the molecule is NC1(C(=O)c2ccc3c(c2)OCCCO3)CCCC1. The summed E-state index contributed by atoms with van der Waals surface area (Å²) >= 11 is 0. The predicted molar refractivity (Wildman–Crippen MR) is 71.8 cm³/mol. The highest BCUT2D eigenvalue weighted by molar-refractivity contribution is 6.03. The van der Waals surface area contributed by atoms with Gasteiger partial charge >= 0.3 is 0 Å². The molecule has 2 aliphatic rings. The van der Waals surface area contributed by atoms with Gasteiger partial charge in [-0.15, -0.1) is 0 Å². The first kappa shape index (κ1) is 12.5. The van der Waals surface area contributed by atoms with Gasteiger partial charge in [-0.3, -0.25) is 4.79 Å². The predicted octanol–water partition coefficient (Wildman–Crippen LogP) is 2.30. The van der Waals surface area contributed by atoms with Crippen LogP contribution in [0, 0.1) is 0 Å². The average molecular weight is 261 g/mol. The molecule has 19 heavy (non-hydrogen) atoms. The van der Waals surface area contributed by atoms with Crippen molar-refractivity contribution < 1.29 is 14.3 Å². The lowest BCUT2D eigenvalue weighted by atomic mass is 9.88. The van der Waals surface area contributed by atoms with Gasteiger partial charge in [-0.05, 0) is 31.0 Å². The fourth-order valence-electron chi connectivity index (χ4n) is 2.82. The van der Waals surface area contributed by atoms with Gasteiger partial charge in [0.15, 0.2) is 17.3 Å². The van der Waals surface area contributed by atoms with Gasteiger partial charge in [0.05, 0.1) is 18.8 Å². The maximum Gasteiger partial charge on any atom is 0.182 e. The van der Waals surface area contributed by atoms with Gasteiger partial charge < -0.3 is 15.2 Å². The number of nitrogens with two attached hydrogens (primary N) is 1. The minimum atomic E-state index is -0.681. The number of hydrogen-bond acceptors (Lipinski definition) is 4. The topological polar surface area (TPSA) is 61.6 Å². The first-order chi connectivity index (χ1) is 9.19. The highest BCUT2D eigenvalue weighted by Gasteiger charge is 2.37. The molecule has 1 aliphatic carbocycles. The molecule has 0 saturated heterocycles. The summed E-state index contributed by atoms with van der Waals surface area (Å²) in [6.07, 6.45) is 4.49. The molecule has 0 spiro atoms. The lowest BCUT2D eigenvalue weighted by Gasteiger charge is -2.22. The second-order valence-electron chi connectivity index (χ2n) is 5.40. The molecule has 3 rings (SSSR count). The van der Waals surface area contributed by atoms with Crippen molar-refractivity contribution in [3.8, 4) is 11.5 Å². The van der Waals surface area contributed by atoms with Crippen molar-refractivity contribution in [1.82, 2.24) is 0 Å². The molecule has 2 N–H and O–H groups in total. The standard InChI is InChI=1S/C15H19NO3/c16-15(6-1-2-7-15)14(17)11-4-5-12-13(10-11)19-9-3-8-18-12/h4-5,10H,1-3,6-9,16H2. The van der Waals surface area contributed by atoms with Gasteiger partial charge in [0, 0.05) is 12.0 Å². The van der Waals surface area contributed by atoms with Crippen LogP contribution in [-0.4, -0.2) is 24.5 Å². The van der Waals surface area contributed by atoms with Crippen LogP contribution < -0.4 is 15.2 Å². The molecule has 1 fully saturated rings. The Morgan fingerprint density at radius 1 is 1.05 bits per heavy atom. The largest absolute Gasteiger partial charge is 0.490 e. The summed E-state index contributed by atoms with van der Waals surface area (Å²) in [7, 11) is 0. The molecule has 0 unspecified atom stereocenters. The van der Waals surface area contributed by atoms with Crippen LogP contribution in [0.15, 0.2) is 18.2 Å². The number of ketones is 1. The van der Waals surface area contributed by atoms with E-state index < -0.39 is 5.54 Å². The van der Waals surface area contributed by atoms with E-state index in [1.54, 1.807) is 12.1 Å². The monoisotopic (exact) mass is 261 g/mol. The molecule has 102 valence electrons. The summed E-state index contributed by atoms with van der Waals surface area (Å²) in [6.45, 7) is 1.28. The number of fused-ring (bicyclic) bond motifs is 1. The zero-order valence-corrected chi connectivity index (χ0v) is 11.0. The third kappa shape index (κ3) is 2.32. The Hall–Kier alpha value is -1.55. The quantitative estimate of drug-likeness (QED) is 0.830. The molecule has 0 bridgehead atoms. The summed E-state index contributed by atoms with van der Waals surface area (Å²) in [5.74, 6) is 1.40. The number of ether oxygens (including phenoxy) is 2. The summed E-state index contributed by atoms with van der Waals surface area (Å²) in [6, 6.07) is 5.38. The lowest BCUT2D eigenvalue weighted by molar-refractivity contribution is 0.0891. The summed E-state index contributed by atoms with van der Waals surface area (Å²) in [5.41, 5.74) is 6.17. The van der Waals surface area contributed by atoms with Gasteiger partial charge in [-0.1, -0.05) is 12.8 Å². The van der Waals surface area contributed by atoms with Gasteiger partial charge in [0.1, 0.15) is 0 Å². The highest BCUT2D eigenvalue weighted by Crippen LogP contribution is 2.34. The Morgan fingerprint density at radius 2 is 1.74 bits per heavy atom. The third-order valence-corrected chi connectivity index (χ3v) is 3.96. The molecule has 1 aromatic carbocycles. The van der Waals surface area contributed by atoms with E-state index >= 15 is 0 Å². The molecule has 4 heteroatoms. The molecule has 4 nitrogen and oxygen atoms in total. The molecule has 0 atom stereocenters. The van der Waals surface area contributed by atoms with Gasteiger partial charge in [0.2, 0.25) is 0 Å². The minimum Gasteiger partial charge on any atom is -0.490 e. The zero-order valence-electron chi connectivity index (χ0n) is 11.0. The van der Waals surface area contributed by atoms with E-state index in [0.717, 1.165) is 32.1 Å². The fraction of sp³-hybridized carbons (Fsp3) is 0.533. The number of carbonyl (C=O) groups is 1. The Morgan fingerprint density at radius 3 is 2.47 bits per heavy atom. The number of hydrogen-bond donors (Lipinski definition) is 1. The first-order valence-electron chi connectivity index (χ1n) is 6.92. The molecule has 0 radical (unpaired) electrons. The number of benzene rings is 1. The Kier molecular flexibility index (Phi) is 3.19. The molecule has 0 aromatic heterocycles. The summed E-state index contributed by atoms with van der Waals surface area (Å²) < 4.78 is 11.2. The third-order valence-electron chi connectivity index (χ3n) is 3.96. The molecule has 1 heterocycles. The second kappa shape index (κ2) is 4.85. The van der Waals surface area contributed by atoms with E-state index in [1.807, 2.05) is 6.07 Å². The van der Waals surface area contributed by atoms with E-state index in [-0.39, 0.29) is 5.78 Å². The van der Waals surface area contributed by atoms with E-state index in [2.05, 4.69) is 0 Å². The van der Waals surface area contributed by atoms with E-state index in [0.29, 0.717) is 30.3 Å². The van der Waals surface area contributed by atoms with Crippen LogP contribution in [0.25, 0.3) is 0 Å². The maximum atomic E-state index is 12.5. The molecule has 1 saturated carbocycles. The Labute approximate surface area is 112 Å². The number of carbonyl (C=O) groups excluding carboxylic acids is 1. The summed E-state index contributed by atoms with van der Waals surface area (Å²) in [5, 5.41) is 0. The van der Waals surface area contributed by atoms with Crippen molar-refractivity contribution in [3.63, 3.8) is 0 Å². The average Bonchev–Trinajstić information content (AvgIpc) is 2.74. The van der Waals surface area contributed by atoms with Crippen LogP contribution in [0.1, 0.15) is 42.5 Å². The van der Waals surface area contributed by atoms with Crippen molar-refractivity contribution in [3.05, 3.63) is 23.8 Å². The van der Waals surface area contributed by atoms with Crippen LogP contribution in [0.2, 0.25) is 0 Å². The van der Waals surface area contributed by atoms with Crippen LogP contribution >= 0.6 is 0 Å². The Bertz CT molecular complexity index is 492. The van der Waals surface area contributed by atoms with Gasteiger partial charge in [-0.25, -0.2) is 0 Å². The van der Waals surface area contributed by atoms with Crippen molar-refractivity contribution >= 4 is 5.78 Å². The molecular weight excluding hydrogens is 242 g/mol. The second-order valence-corrected chi connectivity index (χ2v) is 5.40. The first-order valence-corrected chi connectivity index (χ1v) is 6.92. The normalized spacial score (nSPS) is 20.9. The van der Waals surface area contributed by atoms with Crippen molar-refractivity contribution in [1.29, 1.82) is 0 Å². The minimum absolute atomic E-state index is 0.0284.